The smallest absolute Gasteiger partial charge is 0.274 e. The largest absolute Gasteiger partial charge is 0.354 e. The molecule has 26 heavy (non-hydrogen) atoms. The number of nitrogens with zero attached hydrogens (tertiary/aromatic N) is 3. The fraction of sp³-hybridized carbons (Fsp3) is 0.100. The van der Waals surface area contributed by atoms with Gasteiger partial charge in [0.1, 0.15) is 5.69 Å². The van der Waals surface area contributed by atoms with Crippen molar-refractivity contribution >= 4 is 17.5 Å². The molecule has 2 aromatic carbocycles. The minimum Gasteiger partial charge on any atom is -0.354 e. The number of anilines is 2. The van der Waals surface area contributed by atoms with Crippen LogP contribution in [0.1, 0.15) is 21.6 Å². The van der Waals surface area contributed by atoms with Gasteiger partial charge in [0.05, 0.1) is 11.6 Å². The predicted molar refractivity (Wildman–Crippen MR) is 99.8 cm³/mol. The molecule has 0 aliphatic rings. The van der Waals surface area contributed by atoms with Crippen molar-refractivity contribution < 1.29 is 4.79 Å². The summed E-state index contributed by atoms with van der Waals surface area (Å²) in [4.78, 5) is 20.7. The average molecular weight is 343 g/mol. The van der Waals surface area contributed by atoms with E-state index in [0.29, 0.717) is 23.7 Å². The molecule has 0 radical (unpaired) electrons. The van der Waals surface area contributed by atoms with Gasteiger partial charge in [-0.25, -0.2) is 9.97 Å². The quantitative estimate of drug-likeness (QED) is 0.717. The highest BCUT2D eigenvalue weighted by atomic mass is 16.1. The van der Waals surface area contributed by atoms with Gasteiger partial charge in [0.15, 0.2) is 0 Å². The van der Waals surface area contributed by atoms with Gasteiger partial charge in [0.25, 0.3) is 5.91 Å². The number of hydrogen-bond donors (Lipinski definition) is 2. The molecule has 0 saturated carbocycles. The van der Waals surface area contributed by atoms with E-state index in [-0.39, 0.29) is 11.6 Å². The predicted octanol–water partition coefficient (Wildman–Crippen LogP) is 3.26. The van der Waals surface area contributed by atoms with Crippen LogP contribution in [0.15, 0.2) is 66.9 Å². The molecule has 1 amide bonds. The zero-order valence-corrected chi connectivity index (χ0v) is 14.0. The van der Waals surface area contributed by atoms with Crippen LogP contribution in [0.4, 0.5) is 11.6 Å². The Morgan fingerprint density at radius 1 is 1.08 bits per heavy atom. The number of carbonyl (C=O) groups is 1. The highest BCUT2D eigenvalue weighted by Crippen LogP contribution is 2.11. The summed E-state index contributed by atoms with van der Waals surface area (Å²) in [6.07, 6.45) is 2.38. The van der Waals surface area contributed by atoms with Gasteiger partial charge < -0.3 is 10.6 Å². The van der Waals surface area contributed by atoms with Gasteiger partial charge in [-0.2, -0.15) is 5.26 Å². The molecule has 0 aliphatic heterocycles. The fourth-order valence-corrected chi connectivity index (χ4v) is 2.40. The maximum absolute atomic E-state index is 12.3. The number of nitrogens with one attached hydrogen (secondary N) is 2. The van der Waals surface area contributed by atoms with Crippen LogP contribution in [-0.4, -0.2) is 22.4 Å². The Kier molecular flexibility index (Phi) is 5.53. The van der Waals surface area contributed by atoms with Crippen LogP contribution >= 0.6 is 0 Å². The summed E-state index contributed by atoms with van der Waals surface area (Å²) in [6.45, 7) is 0.666. The maximum Gasteiger partial charge on any atom is 0.274 e. The molecule has 0 unspecified atom stereocenters. The highest BCUT2D eigenvalue weighted by Gasteiger charge is 2.09. The lowest BCUT2D eigenvalue weighted by Gasteiger charge is -2.08. The third-order valence-electron chi connectivity index (χ3n) is 3.68. The van der Waals surface area contributed by atoms with Crippen LogP contribution in [0.5, 0.6) is 0 Å². The van der Waals surface area contributed by atoms with Crippen molar-refractivity contribution in [2.75, 3.05) is 17.2 Å². The van der Waals surface area contributed by atoms with Crippen LogP contribution in [0.25, 0.3) is 0 Å². The Morgan fingerprint density at radius 2 is 1.92 bits per heavy atom. The molecule has 0 fully saturated rings. The molecule has 0 atom stereocenters. The van der Waals surface area contributed by atoms with E-state index in [0.717, 1.165) is 6.42 Å². The summed E-state index contributed by atoms with van der Waals surface area (Å²) in [6, 6.07) is 20.4. The second kappa shape index (κ2) is 8.40. The monoisotopic (exact) mass is 343 g/mol. The number of amides is 1. The first-order valence-electron chi connectivity index (χ1n) is 8.17. The second-order valence-electron chi connectivity index (χ2n) is 5.57. The molecule has 3 aromatic rings. The summed E-state index contributed by atoms with van der Waals surface area (Å²) in [7, 11) is 0. The number of rotatable bonds is 6. The maximum atomic E-state index is 12.3. The SMILES string of the molecule is N#Cc1cccc(NC(=O)c2ccnc(NCCc3ccccc3)n2)c1. The van der Waals surface area contributed by atoms with E-state index in [1.54, 1.807) is 36.5 Å². The van der Waals surface area contributed by atoms with Gasteiger partial charge in [-0.05, 0) is 36.2 Å². The lowest BCUT2D eigenvalue weighted by molar-refractivity contribution is 0.102. The minimum absolute atomic E-state index is 0.254. The molecule has 3 rings (SSSR count). The van der Waals surface area contributed by atoms with Gasteiger partial charge in [0, 0.05) is 18.4 Å². The molecular weight excluding hydrogens is 326 g/mol. The molecule has 128 valence electrons. The summed E-state index contributed by atoms with van der Waals surface area (Å²) in [5, 5.41) is 14.8. The molecule has 6 nitrogen and oxygen atoms in total. The Labute approximate surface area is 151 Å². The number of benzene rings is 2. The molecule has 0 aliphatic carbocycles. The van der Waals surface area contributed by atoms with Crippen molar-refractivity contribution in [1.82, 2.24) is 9.97 Å². The number of carbonyl (C=O) groups excluding carboxylic acids is 1. The first-order chi connectivity index (χ1) is 12.7. The van der Waals surface area contributed by atoms with E-state index in [4.69, 9.17) is 5.26 Å². The molecule has 0 saturated heterocycles. The van der Waals surface area contributed by atoms with E-state index < -0.39 is 0 Å². The second-order valence-corrected chi connectivity index (χ2v) is 5.57. The molecule has 0 bridgehead atoms. The molecule has 1 aromatic heterocycles. The third-order valence-corrected chi connectivity index (χ3v) is 3.68. The van der Waals surface area contributed by atoms with E-state index in [2.05, 4.69) is 32.7 Å². The first kappa shape index (κ1) is 17.1. The van der Waals surface area contributed by atoms with Crippen LogP contribution in [0.2, 0.25) is 0 Å². The average Bonchev–Trinajstić information content (AvgIpc) is 2.69. The van der Waals surface area contributed by atoms with Crippen LogP contribution < -0.4 is 10.6 Å². The van der Waals surface area contributed by atoms with Gasteiger partial charge >= 0.3 is 0 Å². The molecule has 2 N–H and O–H groups in total. The normalized spacial score (nSPS) is 9.96. The van der Waals surface area contributed by atoms with Crippen molar-refractivity contribution in [3.63, 3.8) is 0 Å². The van der Waals surface area contributed by atoms with Gasteiger partial charge in [-0.3, -0.25) is 4.79 Å². The summed E-state index contributed by atoms with van der Waals surface area (Å²) >= 11 is 0. The van der Waals surface area contributed by atoms with Crippen molar-refractivity contribution in [3.05, 3.63) is 83.7 Å². The Morgan fingerprint density at radius 3 is 2.73 bits per heavy atom. The van der Waals surface area contributed by atoms with Crippen molar-refractivity contribution in [2.45, 2.75) is 6.42 Å². The zero-order chi connectivity index (χ0) is 18.2. The summed E-state index contributed by atoms with van der Waals surface area (Å²) < 4.78 is 0. The third kappa shape index (κ3) is 4.65. The van der Waals surface area contributed by atoms with Crippen molar-refractivity contribution in [3.8, 4) is 6.07 Å². The first-order valence-corrected chi connectivity index (χ1v) is 8.17. The Balaban J connectivity index is 1.61. The van der Waals surface area contributed by atoms with Gasteiger partial charge in [-0.1, -0.05) is 36.4 Å². The van der Waals surface area contributed by atoms with Crippen molar-refractivity contribution in [1.29, 1.82) is 5.26 Å². The summed E-state index contributed by atoms with van der Waals surface area (Å²) in [5.74, 6) is 0.0490. The molecule has 0 spiro atoms. The minimum atomic E-state index is -0.353. The topological polar surface area (TPSA) is 90.7 Å². The lowest BCUT2D eigenvalue weighted by atomic mass is 10.1. The zero-order valence-electron chi connectivity index (χ0n) is 14.0. The number of aromatic nitrogens is 2. The van der Waals surface area contributed by atoms with Gasteiger partial charge in [-0.15, -0.1) is 0 Å². The molecule has 1 heterocycles. The summed E-state index contributed by atoms with van der Waals surface area (Å²) in [5.41, 5.74) is 2.50. The van der Waals surface area contributed by atoms with E-state index >= 15 is 0 Å². The highest BCUT2D eigenvalue weighted by molar-refractivity contribution is 6.03. The number of nitriles is 1. The van der Waals surface area contributed by atoms with Crippen LogP contribution in [-0.2, 0) is 6.42 Å². The van der Waals surface area contributed by atoms with Crippen LogP contribution in [0.3, 0.4) is 0 Å². The van der Waals surface area contributed by atoms with E-state index in [9.17, 15) is 4.79 Å². The molecular formula is C20H17N5O. The fourth-order valence-electron chi connectivity index (χ4n) is 2.40. The Bertz CT molecular complexity index is 934. The molecule has 6 heteroatoms. The standard InChI is InChI=1S/C20H17N5O/c21-14-16-7-4-8-17(13-16)24-19(26)18-10-12-23-20(25-18)22-11-9-15-5-2-1-3-6-15/h1-8,10,12-13H,9,11H2,(H,24,26)(H,22,23,25). The lowest BCUT2D eigenvalue weighted by Crippen LogP contribution is -2.16. The van der Waals surface area contributed by atoms with E-state index in [1.165, 1.54) is 5.56 Å². The van der Waals surface area contributed by atoms with Crippen LogP contribution in [0, 0.1) is 11.3 Å². The van der Waals surface area contributed by atoms with Crippen molar-refractivity contribution in [2.24, 2.45) is 0 Å². The Hall–Kier alpha value is -3.72. The van der Waals surface area contributed by atoms with E-state index in [1.807, 2.05) is 24.3 Å². The van der Waals surface area contributed by atoms with Gasteiger partial charge in [0.2, 0.25) is 5.95 Å². The number of hydrogen-bond acceptors (Lipinski definition) is 5.